The van der Waals surface area contributed by atoms with Crippen molar-refractivity contribution in [2.24, 2.45) is 0 Å². The number of aromatic nitrogens is 3. The maximum Gasteiger partial charge on any atom is 0.361 e. The fourth-order valence-corrected chi connectivity index (χ4v) is 3.57. The molecule has 1 aliphatic heterocycles. The van der Waals surface area contributed by atoms with E-state index >= 15 is 0 Å². The minimum atomic E-state index is -0.765. The van der Waals surface area contributed by atoms with Gasteiger partial charge in [0.05, 0.1) is 6.61 Å². The number of nitrogens with zero attached hydrogens (tertiary/aromatic N) is 5. The molecule has 0 atom stereocenters. The van der Waals surface area contributed by atoms with Gasteiger partial charge < -0.3 is 14.2 Å². The van der Waals surface area contributed by atoms with E-state index in [2.05, 4.69) is 27.2 Å². The van der Waals surface area contributed by atoms with Gasteiger partial charge in [0.25, 0.3) is 11.3 Å². The lowest BCUT2D eigenvalue weighted by molar-refractivity contribution is -0.133. The monoisotopic (exact) mass is 425 g/mol. The van der Waals surface area contributed by atoms with Crippen molar-refractivity contribution in [1.82, 2.24) is 24.5 Å². The number of ether oxygens (including phenoxy) is 1. The highest BCUT2D eigenvalue weighted by molar-refractivity contribution is 5.99. The highest BCUT2D eigenvalue weighted by Crippen LogP contribution is 2.13. The van der Waals surface area contributed by atoms with Gasteiger partial charge in [-0.25, -0.2) is 9.78 Å². The fourth-order valence-electron chi connectivity index (χ4n) is 3.57. The maximum atomic E-state index is 12.8. The van der Waals surface area contributed by atoms with Crippen LogP contribution in [0.4, 0.5) is 0 Å². The smallest absolute Gasteiger partial charge is 0.361 e. The van der Waals surface area contributed by atoms with Crippen LogP contribution in [0.2, 0.25) is 0 Å². The van der Waals surface area contributed by atoms with Crippen molar-refractivity contribution in [1.29, 1.82) is 0 Å². The molecule has 0 saturated carbocycles. The van der Waals surface area contributed by atoms with E-state index in [-0.39, 0.29) is 35.9 Å². The summed E-state index contributed by atoms with van der Waals surface area (Å²) in [5.74, 6) is -0.949. The molecule has 2 aromatic heterocycles. The van der Waals surface area contributed by atoms with E-state index in [0.717, 1.165) is 19.6 Å². The van der Waals surface area contributed by atoms with E-state index < -0.39 is 11.5 Å². The van der Waals surface area contributed by atoms with Gasteiger partial charge in [0.1, 0.15) is 18.3 Å². The third kappa shape index (κ3) is 4.48. The fraction of sp³-hybridized carbons (Fsp3) is 0.381. The summed E-state index contributed by atoms with van der Waals surface area (Å²) in [4.78, 5) is 45.6. The predicted molar refractivity (Wildman–Crippen MR) is 110 cm³/mol. The van der Waals surface area contributed by atoms with Gasteiger partial charge >= 0.3 is 5.97 Å². The summed E-state index contributed by atoms with van der Waals surface area (Å²) in [6.45, 7) is 5.12. The number of carbonyl (C=O) groups is 2. The minimum Gasteiger partial charge on any atom is -0.461 e. The van der Waals surface area contributed by atoms with Gasteiger partial charge in [-0.05, 0) is 12.5 Å². The highest BCUT2D eigenvalue weighted by Gasteiger charge is 2.25. The molecule has 4 rings (SSSR count). The molecule has 1 aliphatic rings. The average molecular weight is 425 g/mol. The van der Waals surface area contributed by atoms with Crippen molar-refractivity contribution < 1.29 is 18.8 Å². The molecule has 0 unspecified atom stereocenters. The summed E-state index contributed by atoms with van der Waals surface area (Å²) in [6, 6.07) is 10.2. The van der Waals surface area contributed by atoms with Crippen LogP contribution in [0.1, 0.15) is 23.0 Å². The number of benzene rings is 1. The second kappa shape index (κ2) is 9.09. The van der Waals surface area contributed by atoms with Crippen LogP contribution in [0, 0.1) is 0 Å². The lowest BCUT2D eigenvalue weighted by atomic mass is 10.2. The van der Waals surface area contributed by atoms with Crippen molar-refractivity contribution in [2.75, 3.05) is 32.8 Å². The first-order valence-electron chi connectivity index (χ1n) is 10.1. The van der Waals surface area contributed by atoms with Gasteiger partial charge in [-0.15, -0.1) is 0 Å². The highest BCUT2D eigenvalue weighted by atomic mass is 16.5. The van der Waals surface area contributed by atoms with Crippen molar-refractivity contribution in [3.05, 3.63) is 58.3 Å². The number of rotatable bonds is 6. The lowest BCUT2D eigenvalue weighted by Gasteiger charge is -2.34. The van der Waals surface area contributed by atoms with Crippen LogP contribution in [0.15, 0.2) is 46.0 Å². The first-order valence-corrected chi connectivity index (χ1v) is 10.1. The average Bonchev–Trinajstić information content (AvgIpc) is 3.22. The molecule has 0 bridgehead atoms. The quantitative estimate of drug-likeness (QED) is 0.536. The van der Waals surface area contributed by atoms with Crippen LogP contribution >= 0.6 is 0 Å². The number of hydrogen-bond acceptors (Lipinski definition) is 8. The zero-order chi connectivity index (χ0) is 21.8. The Morgan fingerprint density at radius 1 is 1.13 bits per heavy atom. The molecule has 162 valence electrons. The molecule has 3 heterocycles. The number of carbonyl (C=O) groups excluding carboxylic acids is 2. The molecule has 31 heavy (non-hydrogen) atoms. The molecule has 1 saturated heterocycles. The second-order valence-electron chi connectivity index (χ2n) is 7.25. The van der Waals surface area contributed by atoms with Crippen LogP contribution in [-0.4, -0.2) is 69.2 Å². The lowest BCUT2D eigenvalue weighted by Crippen LogP contribution is -2.49. The van der Waals surface area contributed by atoms with Crippen molar-refractivity contribution in [3.63, 3.8) is 0 Å². The standard InChI is InChI=1S/C21H23N5O5/c1-2-30-21(29)18-17-19(31-23-18)22-14-26(20(17)28)13-16(27)25-10-8-24(9-11-25)12-15-6-4-3-5-7-15/h3-7,14H,2,8-13H2,1H3. The Bertz CT molecular complexity index is 1130. The molecule has 3 aromatic rings. The predicted octanol–water partition coefficient (Wildman–Crippen LogP) is 0.906. The van der Waals surface area contributed by atoms with E-state index in [1.807, 2.05) is 18.2 Å². The largest absolute Gasteiger partial charge is 0.461 e. The van der Waals surface area contributed by atoms with Gasteiger partial charge in [0.15, 0.2) is 0 Å². The van der Waals surface area contributed by atoms with E-state index in [4.69, 9.17) is 9.26 Å². The van der Waals surface area contributed by atoms with Crippen molar-refractivity contribution >= 4 is 23.0 Å². The summed E-state index contributed by atoms with van der Waals surface area (Å²) in [5.41, 5.74) is 0.377. The van der Waals surface area contributed by atoms with Crippen LogP contribution in [0.5, 0.6) is 0 Å². The third-order valence-electron chi connectivity index (χ3n) is 5.21. The maximum absolute atomic E-state index is 12.8. The summed E-state index contributed by atoms with van der Waals surface area (Å²) in [7, 11) is 0. The molecule has 0 spiro atoms. The Kier molecular flexibility index (Phi) is 6.08. The van der Waals surface area contributed by atoms with Gasteiger partial charge in [-0.2, -0.15) is 0 Å². The minimum absolute atomic E-state index is 0.0636. The molecule has 0 aliphatic carbocycles. The van der Waals surface area contributed by atoms with E-state index in [9.17, 15) is 14.4 Å². The van der Waals surface area contributed by atoms with Crippen LogP contribution < -0.4 is 5.56 Å². The van der Waals surface area contributed by atoms with Crippen molar-refractivity contribution in [2.45, 2.75) is 20.0 Å². The van der Waals surface area contributed by atoms with Gasteiger partial charge in [-0.3, -0.25) is 19.1 Å². The third-order valence-corrected chi connectivity index (χ3v) is 5.21. The topological polar surface area (TPSA) is 111 Å². The van der Waals surface area contributed by atoms with Gasteiger partial charge in [0.2, 0.25) is 11.6 Å². The summed E-state index contributed by atoms with van der Waals surface area (Å²) < 4.78 is 11.0. The molecular formula is C21H23N5O5. The molecule has 0 N–H and O–H groups in total. The number of esters is 1. The van der Waals surface area contributed by atoms with Crippen LogP contribution in [0.25, 0.3) is 11.1 Å². The summed E-state index contributed by atoms with van der Waals surface area (Å²) in [6.07, 6.45) is 1.23. The normalized spacial score (nSPS) is 14.7. The molecule has 0 radical (unpaired) electrons. The summed E-state index contributed by atoms with van der Waals surface area (Å²) >= 11 is 0. The van der Waals surface area contributed by atoms with Crippen LogP contribution in [-0.2, 0) is 22.6 Å². The molecule has 10 heteroatoms. The Hall–Kier alpha value is -3.53. The Morgan fingerprint density at radius 3 is 2.58 bits per heavy atom. The van der Waals surface area contributed by atoms with E-state index in [1.165, 1.54) is 16.5 Å². The number of hydrogen-bond donors (Lipinski definition) is 0. The van der Waals surface area contributed by atoms with E-state index in [0.29, 0.717) is 13.1 Å². The number of fused-ring (bicyclic) bond motifs is 1. The second-order valence-corrected chi connectivity index (χ2v) is 7.25. The molecule has 10 nitrogen and oxygen atoms in total. The van der Waals surface area contributed by atoms with Crippen LogP contribution in [0.3, 0.4) is 0 Å². The van der Waals surface area contributed by atoms with Crippen molar-refractivity contribution in [3.8, 4) is 0 Å². The first-order chi connectivity index (χ1) is 15.1. The number of amides is 1. The zero-order valence-electron chi connectivity index (χ0n) is 17.2. The SMILES string of the molecule is CCOC(=O)c1noc2ncn(CC(=O)N3CCN(Cc4ccccc4)CC3)c(=O)c12. The molecular weight excluding hydrogens is 402 g/mol. The van der Waals surface area contributed by atoms with E-state index in [1.54, 1.807) is 11.8 Å². The van der Waals surface area contributed by atoms with Gasteiger partial charge in [0, 0.05) is 32.7 Å². The molecule has 1 amide bonds. The molecule has 1 fully saturated rings. The Balaban J connectivity index is 1.42. The summed E-state index contributed by atoms with van der Waals surface area (Å²) in [5, 5.41) is 3.52. The Labute approximate surface area is 178 Å². The first kappa shape index (κ1) is 20.7. The molecule has 1 aromatic carbocycles. The number of piperazine rings is 1. The van der Waals surface area contributed by atoms with Gasteiger partial charge in [-0.1, -0.05) is 35.5 Å². The Morgan fingerprint density at radius 2 is 1.87 bits per heavy atom. The zero-order valence-corrected chi connectivity index (χ0v) is 17.2.